The van der Waals surface area contributed by atoms with Gasteiger partial charge in [0.15, 0.2) is 0 Å². The van der Waals surface area contributed by atoms with Gasteiger partial charge in [0.1, 0.15) is 0 Å². The van der Waals surface area contributed by atoms with Crippen molar-refractivity contribution < 1.29 is 24.2 Å². The van der Waals surface area contributed by atoms with E-state index in [1.165, 1.54) is 4.90 Å². The third-order valence-corrected chi connectivity index (χ3v) is 3.61. The van der Waals surface area contributed by atoms with Crippen LogP contribution in [0.3, 0.4) is 0 Å². The van der Waals surface area contributed by atoms with Gasteiger partial charge < -0.3 is 25.4 Å². The summed E-state index contributed by atoms with van der Waals surface area (Å²) in [6.45, 7) is 1.03. The van der Waals surface area contributed by atoms with Crippen molar-refractivity contribution in [3.05, 3.63) is 0 Å². The number of amides is 3. The molecule has 1 aliphatic rings. The molecule has 3 N–H and O–H groups in total. The number of nitrogens with one attached hydrogen (secondary N) is 2. The average molecular weight is 301 g/mol. The molecule has 120 valence electrons. The van der Waals surface area contributed by atoms with Crippen LogP contribution in [0, 0.1) is 5.41 Å². The maximum absolute atomic E-state index is 11.6. The number of nitrogens with zero attached hydrogens (tertiary/aromatic N) is 1. The van der Waals surface area contributed by atoms with E-state index < -0.39 is 17.4 Å². The smallest absolute Gasteiger partial charge is 0.314 e. The number of aliphatic carboxylic acids is 1. The van der Waals surface area contributed by atoms with E-state index in [0.717, 1.165) is 0 Å². The summed E-state index contributed by atoms with van der Waals surface area (Å²) < 4.78 is 5.16. The second kappa shape index (κ2) is 7.82. The lowest BCUT2D eigenvalue weighted by Crippen LogP contribution is -2.49. The van der Waals surface area contributed by atoms with Crippen molar-refractivity contribution in [2.24, 2.45) is 5.41 Å². The van der Waals surface area contributed by atoms with Crippen molar-refractivity contribution >= 4 is 17.9 Å². The third-order valence-electron chi connectivity index (χ3n) is 3.61. The fourth-order valence-corrected chi connectivity index (χ4v) is 2.05. The van der Waals surface area contributed by atoms with Crippen molar-refractivity contribution in [2.45, 2.75) is 19.3 Å². The zero-order valence-electron chi connectivity index (χ0n) is 12.5. The molecule has 3 amide bonds. The van der Waals surface area contributed by atoms with Crippen molar-refractivity contribution in [1.29, 1.82) is 0 Å². The van der Waals surface area contributed by atoms with Crippen LogP contribution in [0.1, 0.15) is 19.3 Å². The monoisotopic (exact) mass is 301 g/mol. The molecule has 1 heterocycles. The summed E-state index contributed by atoms with van der Waals surface area (Å²) in [4.78, 5) is 35.8. The molecule has 0 aromatic heterocycles. The van der Waals surface area contributed by atoms with Gasteiger partial charge in [-0.15, -0.1) is 0 Å². The lowest BCUT2D eigenvalue weighted by Gasteiger charge is -2.33. The molecular weight excluding hydrogens is 278 g/mol. The number of carbonyl (C=O) groups is 3. The molecule has 0 aliphatic carbocycles. The van der Waals surface area contributed by atoms with Crippen LogP contribution < -0.4 is 10.6 Å². The fourth-order valence-electron chi connectivity index (χ4n) is 2.05. The molecule has 1 saturated heterocycles. The lowest BCUT2D eigenvalue weighted by atomic mass is 9.80. The SMILES string of the molecule is CN(C)C(=O)CCNC(=O)NCC1(C(=O)O)CCOCC1. The van der Waals surface area contributed by atoms with Gasteiger partial charge in [0, 0.05) is 46.8 Å². The number of ether oxygens (including phenoxy) is 1. The Morgan fingerprint density at radius 3 is 2.33 bits per heavy atom. The molecule has 8 heteroatoms. The summed E-state index contributed by atoms with van der Waals surface area (Å²) in [5.41, 5.74) is -0.963. The maximum Gasteiger partial charge on any atom is 0.314 e. The molecule has 1 rings (SSSR count). The van der Waals surface area contributed by atoms with Gasteiger partial charge >= 0.3 is 12.0 Å². The van der Waals surface area contributed by atoms with Crippen LogP contribution in [0.15, 0.2) is 0 Å². The molecule has 0 aromatic rings. The zero-order chi connectivity index (χ0) is 15.9. The summed E-state index contributed by atoms with van der Waals surface area (Å²) in [5.74, 6) is -1.00. The van der Waals surface area contributed by atoms with Gasteiger partial charge in [-0.05, 0) is 12.8 Å². The number of urea groups is 1. The zero-order valence-corrected chi connectivity index (χ0v) is 12.5. The molecular formula is C13H23N3O5. The van der Waals surface area contributed by atoms with E-state index in [-0.39, 0.29) is 25.4 Å². The first-order valence-electron chi connectivity index (χ1n) is 6.90. The van der Waals surface area contributed by atoms with Crippen LogP contribution in [-0.4, -0.2) is 68.3 Å². The van der Waals surface area contributed by atoms with Gasteiger partial charge in [0.25, 0.3) is 0 Å². The Morgan fingerprint density at radius 2 is 1.81 bits per heavy atom. The van der Waals surface area contributed by atoms with Gasteiger partial charge in [-0.3, -0.25) is 9.59 Å². The van der Waals surface area contributed by atoms with E-state index in [0.29, 0.717) is 26.1 Å². The summed E-state index contributed by atoms with van der Waals surface area (Å²) in [5, 5.41) is 14.4. The van der Waals surface area contributed by atoms with Crippen LogP contribution in [-0.2, 0) is 14.3 Å². The summed E-state index contributed by atoms with van der Waals surface area (Å²) in [6, 6.07) is -0.464. The number of carbonyl (C=O) groups excluding carboxylic acids is 2. The Hall–Kier alpha value is -1.83. The van der Waals surface area contributed by atoms with E-state index in [9.17, 15) is 19.5 Å². The summed E-state index contributed by atoms with van der Waals surface area (Å²) >= 11 is 0. The quantitative estimate of drug-likeness (QED) is 0.621. The maximum atomic E-state index is 11.6. The highest BCUT2D eigenvalue weighted by Gasteiger charge is 2.40. The van der Waals surface area contributed by atoms with Gasteiger partial charge in [-0.2, -0.15) is 0 Å². The first-order chi connectivity index (χ1) is 9.87. The van der Waals surface area contributed by atoms with E-state index in [1.807, 2.05) is 0 Å². The van der Waals surface area contributed by atoms with Gasteiger partial charge in [0.05, 0.1) is 5.41 Å². The second-order valence-corrected chi connectivity index (χ2v) is 5.35. The molecule has 1 fully saturated rings. The molecule has 0 radical (unpaired) electrons. The minimum absolute atomic E-state index is 0.0547. The highest BCUT2D eigenvalue weighted by atomic mass is 16.5. The summed E-state index contributed by atoms with van der Waals surface area (Å²) in [6.07, 6.45) is 0.960. The number of carboxylic acids is 1. The summed E-state index contributed by atoms with van der Waals surface area (Å²) in [7, 11) is 3.29. The fraction of sp³-hybridized carbons (Fsp3) is 0.769. The van der Waals surface area contributed by atoms with Crippen LogP contribution in [0.2, 0.25) is 0 Å². The molecule has 0 saturated carbocycles. The Labute approximate surface area is 123 Å². The average Bonchev–Trinajstić information content (AvgIpc) is 2.45. The van der Waals surface area contributed by atoms with Gasteiger partial charge in [-0.1, -0.05) is 0 Å². The first kappa shape index (κ1) is 17.2. The number of hydrogen-bond acceptors (Lipinski definition) is 4. The van der Waals surface area contributed by atoms with Crippen molar-refractivity contribution in [2.75, 3.05) is 40.4 Å². The topological polar surface area (TPSA) is 108 Å². The molecule has 0 aromatic carbocycles. The standard InChI is InChI=1S/C13H23N3O5/c1-16(2)10(17)3-6-14-12(20)15-9-13(11(18)19)4-7-21-8-5-13/h3-9H2,1-2H3,(H,18,19)(H2,14,15,20). The lowest BCUT2D eigenvalue weighted by molar-refractivity contribution is -0.154. The molecule has 0 unspecified atom stereocenters. The Balaban J connectivity index is 2.34. The van der Waals surface area contributed by atoms with Crippen LogP contribution >= 0.6 is 0 Å². The Morgan fingerprint density at radius 1 is 1.19 bits per heavy atom. The van der Waals surface area contributed by atoms with Crippen molar-refractivity contribution in [1.82, 2.24) is 15.5 Å². The molecule has 0 bridgehead atoms. The predicted octanol–water partition coefficient (Wildman–Crippen LogP) is -0.355. The van der Waals surface area contributed by atoms with E-state index in [1.54, 1.807) is 14.1 Å². The molecule has 0 atom stereocenters. The molecule has 21 heavy (non-hydrogen) atoms. The van der Waals surface area contributed by atoms with E-state index >= 15 is 0 Å². The third kappa shape index (κ3) is 5.22. The van der Waals surface area contributed by atoms with Crippen molar-refractivity contribution in [3.8, 4) is 0 Å². The van der Waals surface area contributed by atoms with Crippen LogP contribution in [0.25, 0.3) is 0 Å². The Kier molecular flexibility index (Phi) is 6.41. The molecule has 0 spiro atoms. The minimum atomic E-state index is -0.963. The van der Waals surface area contributed by atoms with Gasteiger partial charge in [-0.25, -0.2) is 4.79 Å². The van der Waals surface area contributed by atoms with Gasteiger partial charge in [0.2, 0.25) is 5.91 Å². The van der Waals surface area contributed by atoms with E-state index in [4.69, 9.17) is 4.74 Å². The number of hydrogen-bond donors (Lipinski definition) is 3. The predicted molar refractivity (Wildman–Crippen MR) is 74.8 cm³/mol. The molecule has 8 nitrogen and oxygen atoms in total. The van der Waals surface area contributed by atoms with Crippen LogP contribution in [0.4, 0.5) is 4.79 Å². The van der Waals surface area contributed by atoms with Crippen LogP contribution in [0.5, 0.6) is 0 Å². The highest BCUT2D eigenvalue weighted by Crippen LogP contribution is 2.29. The largest absolute Gasteiger partial charge is 0.481 e. The number of rotatable bonds is 6. The Bertz CT molecular complexity index is 391. The first-order valence-corrected chi connectivity index (χ1v) is 6.90. The normalized spacial score (nSPS) is 16.9. The minimum Gasteiger partial charge on any atom is -0.481 e. The van der Waals surface area contributed by atoms with E-state index in [2.05, 4.69) is 10.6 Å². The number of carboxylic acid groups (broad SMARTS) is 1. The van der Waals surface area contributed by atoms with Crippen molar-refractivity contribution in [3.63, 3.8) is 0 Å². The highest BCUT2D eigenvalue weighted by molar-refractivity contribution is 5.79. The second-order valence-electron chi connectivity index (χ2n) is 5.35. The molecule has 1 aliphatic heterocycles.